The average Bonchev–Trinajstić information content (AvgIpc) is 2.72. The van der Waals surface area contributed by atoms with Gasteiger partial charge in [-0.3, -0.25) is 19.2 Å². The molecule has 10 heteroatoms. The van der Waals surface area contributed by atoms with Crippen molar-refractivity contribution in [2.75, 3.05) is 39.5 Å². The van der Waals surface area contributed by atoms with Crippen molar-refractivity contribution in [3.63, 3.8) is 0 Å². The topological polar surface area (TPSA) is 135 Å². The summed E-state index contributed by atoms with van der Waals surface area (Å²) in [7, 11) is 0. The zero-order chi connectivity index (χ0) is 24.7. The molecule has 0 aliphatic carbocycles. The molecule has 190 valence electrons. The Morgan fingerprint density at radius 1 is 0.970 bits per heavy atom. The van der Waals surface area contributed by atoms with Gasteiger partial charge in [0.05, 0.1) is 19.8 Å². The maximum atomic E-state index is 12.9. The molecule has 1 aliphatic rings. The van der Waals surface area contributed by atoms with E-state index in [1.54, 1.807) is 0 Å². The molecule has 1 saturated heterocycles. The molecule has 0 aromatic rings. The zero-order valence-electron chi connectivity index (χ0n) is 20.6. The van der Waals surface area contributed by atoms with Crippen molar-refractivity contribution >= 4 is 23.6 Å². The lowest BCUT2D eigenvalue weighted by Crippen LogP contribution is -2.54. The molecule has 0 saturated carbocycles. The van der Waals surface area contributed by atoms with E-state index in [0.29, 0.717) is 64.8 Å². The Balaban J connectivity index is 2.68. The van der Waals surface area contributed by atoms with Crippen LogP contribution >= 0.6 is 0 Å². The number of unbranched alkanes of at least 4 members (excludes halogenated alkanes) is 1. The normalized spacial score (nSPS) is 21.8. The summed E-state index contributed by atoms with van der Waals surface area (Å²) < 4.78 is 10.7. The third kappa shape index (κ3) is 13.8. The fourth-order valence-electron chi connectivity index (χ4n) is 3.33. The highest BCUT2D eigenvalue weighted by Crippen LogP contribution is 2.17. The molecule has 0 radical (unpaired) electrons. The SMILES string of the molecule is CCCC1NC(=O)C(CCCCNC(=O)CC(C)(C)C)NC(=O)COCCOCCNC1=O. The van der Waals surface area contributed by atoms with Crippen molar-refractivity contribution in [3.8, 4) is 0 Å². The van der Waals surface area contributed by atoms with Gasteiger partial charge >= 0.3 is 0 Å². The Labute approximate surface area is 197 Å². The van der Waals surface area contributed by atoms with Crippen LogP contribution in [0.15, 0.2) is 0 Å². The molecule has 2 unspecified atom stereocenters. The quantitative estimate of drug-likeness (QED) is 0.385. The lowest BCUT2D eigenvalue weighted by atomic mass is 9.92. The van der Waals surface area contributed by atoms with Crippen LogP contribution in [-0.4, -0.2) is 75.2 Å². The van der Waals surface area contributed by atoms with E-state index in [4.69, 9.17) is 9.47 Å². The van der Waals surface area contributed by atoms with Crippen molar-refractivity contribution in [2.45, 2.75) is 78.3 Å². The second-order valence-electron chi connectivity index (χ2n) is 9.51. The molecule has 10 nitrogen and oxygen atoms in total. The monoisotopic (exact) mass is 470 g/mol. The minimum absolute atomic E-state index is 0.00278. The Bertz CT molecular complexity index is 635. The number of carbonyl (C=O) groups excluding carboxylic acids is 4. The predicted molar refractivity (Wildman–Crippen MR) is 124 cm³/mol. The fourth-order valence-corrected chi connectivity index (χ4v) is 3.33. The molecule has 1 heterocycles. The molecule has 4 amide bonds. The number of nitrogens with one attached hydrogen (secondary N) is 4. The number of amides is 4. The fraction of sp³-hybridized carbons (Fsp3) is 0.826. The third-order valence-electron chi connectivity index (χ3n) is 4.95. The molecule has 0 aromatic carbocycles. The maximum absolute atomic E-state index is 12.9. The minimum atomic E-state index is -0.792. The van der Waals surface area contributed by atoms with Crippen LogP contribution in [0, 0.1) is 5.41 Å². The molecule has 0 bridgehead atoms. The van der Waals surface area contributed by atoms with E-state index in [2.05, 4.69) is 21.3 Å². The van der Waals surface area contributed by atoms with Gasteiger partial charge < -0.3 is 30.7 Å². The van der Waals surface area contributed by atoms with Crippen LogP contribution in [-0.2, 0) is 28.7 Å². The van der Waals surface area contributed by atoms with Crippen LogP contribution in [0.2, 0.25) is 0 Å². The van der Waals surface area contributed by atoms with Gasteiger partial charge in [-0.1, -0.05) is 34.1 Å². The van der Waals surface area contributed by atoms with Gasteiger partial charge in [-0.2, -0.15) is 0 Å². The van der Waals surface area contributed by atoms with Gasteiger partial charge in [-0.25, -0.2) is 0 Å². The first-order valence-corrected chi connectivity index (χ1v) is 11.9. The Morgan fingerprint density at radius 3 is 2.36 bits per heavy atom. The molecule has 4 N–H and O–H groups in total. The number of hydrogen-bond acceptors (Lipinski definition) is 6. The second-order valence-corrected chi connectivity index (χ2v) is 9.51. The third-order valence-corrected chi connectivity index (χ3v) is 4.95. The van der Waals surface area contributed by atoms with Crippen molar-refractivity contribution in [1.29, 1.82) is 0 Å². The maximum Gasteiger partial charge on any atom is 0.246 e. The molecule has 1 fully saturated rings. The van der Waals surface area contributed by atoms with E-state index in [1.165, 1.54) is 0 Å². The van der Waals surface area contributed by atoms with Gasteiger partial charge in [-0.05, 0) is 31.1 Å². The van der Waals surface area contributed by atoms with Crippen LogP contribution in [0.4, 0.5) is 0 Å². The highest BCUT2D eigenvalue weighted by Gasteiger charge is 2.26. The van der Waals surface area contributed by atoms with Gasteiger partial charge in [0.2, 0.25) is 23.6 Å². The van der Waals surface area contributed by atoms with E-state index in [9.17, 15) is 19.2 Å². The van der Waals surface area contributed by atoms with Crippen LogP contribution < -0.4 is 21.3 Å². The van der Waals surface area contributed by atoms with E-state index in [1.807, 2.05) is 27.7 Å². The van der Waals surface area contributed by atoms with Gasteiger partial charge in [0, 0.05) is 19.5 Å². The van der Waals surface area contributed by atoms with Crippen LogP contribution in [0.3, 0.4) is 0 Å². The summed E-state index contributed by atoms with van der Waals surface area (Å²) in [6.07, 6.45) is 3.32. The first-order valence-electron chi connectivity index (χ1n) is 11.9. The second kappa shape index (κ2) is 15.6. The van der Waals surface area contributed by atoms with E-state index in [-0.39, 0.29) is 30.4 Å². The lowest BCUT2D eigenvalue weighted by molar-refractivity contribution is -0.133. The summed E-state index contributed by atoms with van der Waals surface area (Å²) in [4.78, 5) is 49.6. The summed E-state index contributed by atoms with van der Waals surface area (Å²) >= 11 is 0. The van der Waals surface area contributed by atoms with Crippen LogP contribution in [0.25, 0.3) is 0 Å². The molecule has 2 atom stereocenters. The summed E-state index contributed by atoms with van der Waals surface area (Å²) in [6, 6.07) is -1.47. The first kappa shape index (κ1) is 28.8. The van der Waals surface area contributed by atoms with Gasteiger partial charge in [0.1, 0.15) is 18.7 Å². The minimum Gasteiger partial charge on any atom is -0.377 e. The molecular formula is C23H42N4O6. The van der Waals surface area contributed by atoms with Crippen molar-refractivity contribution in [2.24, 2.45) is 5.41 Å². The first-order chi connectivity index (χ1) is 15.6. The Hall–Kier alpha value is -2.20. The molecular weight excluding hydrogens is 428 g/mol. The highest BCUT2D eigenvalue weighted by atomic mass is 16.5. The zero-order valence-corrected chi connectivity index (χ0v) is 20.6. The summed E-state index contributed by atoms with van der Waals surface area (Å²) in [5, 5.41) is 11.1. The van der Waals surface area contributed by atoms with Crippen LogP contribution in [0.1, 0.15) is 66.2 Å². The lowest BCUT2D eigenvalue weighted by Gasteiger charge is -2.23. The summed E-state index contributed by atoms with van der Waals surface area (Å²) in [5.74, 6) is -1.08. The molecule has 0 spiro atoms. The number of ether oxygens (including phenoxy) is 2. The van der Waals surface area contributed by atoms with E-state index in [0.717, 1.165) is 0 Å². The summed E-state index contributed by atoms with van der Waals surface area (Å²) in [5.41, 5.74) is -0.0768. The van der Waals surface area contributed by atoms with E-state index >= 15 is 0 Å². The van der Waals surface area contributed by atoms with Gasteiger partial charge in [-0.15, -0.1) is 0 Å². The van der Waals surface area contributed by atoms with E-state index < -0.39 is 23.9 Å². The number of hydrogen-bond donors (Lipinski definition) is 4. The molecule has 0 aromatic heterocycles. The largest absolute Gasteiger partial charge is 0.377 e. The standard InChI is InChI=1S/C23H42N4O6/c1-5-8-17-21(30)25-11-12-32-13-14-33-16-20(29)26-18(22(31)27-17)9-6-7-10-24-19(28)15-23(2,3)4/h17-18H,5-16H2,1-4H3,(H,24,28)(H,25,30)(H,26,29)(H,27,31). The number of carbonyl (C=O) groups is 4. The predicted octanol–water partition coefficient (Wildman–Crippen LogP) is 0.642. The van der Waals surface area contributed by atoms with Crippen molar-refractivity contribution < 1.29 is 28.7 Å². The Morgan fingerprint density at radius 2 is 1.67 bits per heavy atom. The smallest absolute Gasteiger partial charge is 0.246 e. The van der Waals surface area contributed by atoms with Crippen molar-refractivity contribution in [3.05, 3.63) is 0 Å². The molecule has 33 heavy (non-hydrogen) atoms. The highest BCUT2D eigenvalue weighted by molar-refractivity contribution is 5.92. The summed E-state index contributed by atoms with van der Waals surface area (Å²) in [6.45, 7) is 9.48. The number of rotatable bonds is 8. The Kier molecular flexibility index (Phi) is 13.6. The van der Waals surface area contributed by atoms with Crippen LogP contribution in [0.5, 0.6) is 0 Å². The average molecular weight is 471 g/mol. The van der Waals surface area contributed by atoms with Gasteiger partial charge in [0.25, 0.3) is 0 Å². The van der Waals surface area contributed by atoms with Gasteiger partial charge in [0.15, 0.2) is 0 Å². The van der Waals surface area contributed by atoms with Crippen molar-refractivity contribution in [1.82, 2.24) is 21.3 Å². The molecule has 1 aliphatic heterocycles. The molecule has 1 rings (SSSR count).